The highest BCUT2D eigenvalue weighted by atomic mass is 16.5. The van der Waals surface area contributed by atoms with Gasteiger partial charge in [0.2, 0.25) is 0 Å². The third kappa shape index (κ3) is 3.80. The zero-order valence-corrected chi connectivity index (χ0v) is 8.14. The fourth-order valence-corrected chi connectivity index (χ4v) is 1.66. The lowest BCUT2D eigenvalue weighted by molar-refractivity contribution is 0.215. The standard InChI is InChI=1S/C11H20O/c1-2-12-11-9-7-5-3-4-6-8-10-11/h9H,2-8,10H2,1H3/b11-9+. The predicted molar refractivity (Wildman–Crippen MR) is 52.0 cm³/mol. The van der Waals surface area contributed by atoms with Crippen molar-refractivity contribution in [1.82, 2.24) is 0 Å². The SMILES string of the molecule is CCO/C1=C/CCCCCCC1. The Morgan fingerprint density at radius 1 is 1.17 bits per heavy atom. The van der Waals surface area contributed by atoms with Gasteiger partial charge < -0.3 is 4.74 Å². The van der Waals surface area contributed by atoms with E-state index in [2.05, 4.69) is 13.0 Å². The first kappa shape index (κ1) is 9.63. The molecule has 0 unspecified atom stereocenters. The minimum Gasteiger partial charge on any atom is -0.499 e. The summed E-state index contributed by atoms with van der Waals surface area (Å²) in [5.74, 6) is 1.24. The first-order valence-electron chi connectivity index (χ1n) is 5.25. The van der Waals surface area contributed by atoms with Crippen LogP contribution in [0.2, 0.25) is 0 Å². The zero-order chi connectivity index (χ0) is 8.65. The van der Waals surface area contributed by atoms with Crippen LogP contribution in [0, 0.1) is 0 Å². The van der Waals surface area contributed by atoms with E-state index >= 15 is 0 Å². The Bertz CT molecular complexity index is 138. The van der Waals surface area contributed by atoms with Crippen LogP contribution in [-0.2, 0) is 4.74 Å². The molecule has 0 aliphatic heterocycles. The molecular weight excluding hydrogens is 148 g/mol. The molecule has 0 bridgehead atoms. The lowest BCUT2D eigenvalue weighted by Gasteiger charge is -2.06. The van der Waals surface area contributed by atoms with E-state index in [-0.39, 0.29) is 0 Å². The third-order valence-electron chi connectivity index (χ3n) is 2.33. The van der Waals surface area contributed by atoms with Crippen LogP contribution in [0.25, 0.3) is 0 Å². The van der Waals surface area contributed by atoms with E-state index < -0.39 is 0 Å². The maximum atomic E-state index is 5.54. The Kier molecular flexibility index (Phi) is 4.89. The molecule has 0 saturated carbocycles. The first-order chi connectivity index (χ1) is 5.93. The quantitative estimate of drug-likeness (QED) is 0.611. The molecule has 1 heteroatoms. The molecule has 0 saturated heterocycles. The average Bonchev–Trinajstić information content (AvgIpc) is 2.19. The highest BCUT2D eigenvalue weighted by Gasteiger charge is 2.00. The van der Waals surface area contributed by atoms with Crippen molar-refractivity contribution in [3.05, 3.63) is 11.8 Å². The number of rotatable bonds is 2. The van der Waals surface area contributed by atoms with Crippen molar-refractivity contribution in [2.75, 3.05) is 6.61 Å². The van der Waals surface area contributed by atoms with Gasteiger partial charge in [-0.15, -0.1) is 0 Å². The Balaban J connectivity index is 2.33. The van der Waals surface area contributed by atoms with Crippen LogP contribution in [0.15, 0.2) is 11.8 Å². The van der Waals surface area contributed by atoms with Crippen molar-refractivity contribution in [2.45, 2.75) is 51.9 Å². The molecule has 0 aromatic carbocycles. The van der Waals surface area contributed by atoms with E-state index in [9.17, 15) is 0 Å². The second-order valence-electron chi connectivity index (χ2n) is 3.41. The average molecular weight is 168 g/mol. The van der Waals surface area contributed by atoms with Gasteiger partial charge in [-0.3, -0.25) is 0 Å². The van der Waals surface area contributed by atoms with Crippen LogP contribution >= 0.6 is 0 Å². The molecule has 1 aliphatic rings. The summed E-state index contributed by atoms with van der Waals surface area (Å²) in [5.41, 5.74) is 0. The molecule has 0 fully saturated rings. The van der Waals surface area contributed by atoms with Crippen LogP contribution in [0.3, 0.4) is 0 Å². The van der Waals surface area contributed by atoms with Gasteiger partial charge in [0.05, 0.1) is 12.4 Å². The fourth-order valence-electron chi connectivity index (χ4n) is 1.66. The largest absolute Gasteiger partial charge is 0.499 e. The van der Waals surface area contributed by atoms with Gasteiger partial charge >= 0.3 is 0 Å². The van der Waals surface area contributed by atoms with E-state index in [0.29, 0.717) is 0 Å². The Morgan fingerprint density at radius 3 is 2.75 bits per heavy atom. The third-order valence-corrected chi connectivity index (χ3v) is 2.33. The van der Waals surface area contributed by atoms with Crippen LogP contribution in [0.5, 0.6) is 0 Å². The topological polar surface area (TPSA) is 9.23 Å². The summed E-state index contributed by atoms with van der Waals surface area (Å²) in [6.07, 6.45) is 11.5. The summed E-state index contributed by atoms with van der Waals surface area (Å²) >= 11 is 0. The van der Waals surface area contributed by atoms with Gasteiger partial charge in [-0.2, -0.15) is 0 Å². The van der Waals surface area contributed by atoms with Crippen molar-refractivity contribution >= 4 is 0 Å². The van der Waals surface area contributed by atoms with E-state index in [0.717, 1.165) is 13.0 Å². The molecule has 0 aromatic heterocycles. The van der Waals surface area contributed by atoms with Gasteiger partial charge in [0, 0.05) is 6.42 Å². The molecule has 1 nitrogen and oxygen atoms in total. The maximum absolute atomic E-state index is 5.54. The van der Waals surface area contributed by atoms with E-state index in [1.165, 1.54) is 44.3 Å². The summed E-state index contributed by atoms with van der Waals surface area (Å²) in [7, 11) is 0. The van der Waals surface area contributed by atoms with Crippen LogP contribution in [0.4, 0.5) is 0 Å². The summed E-state index contributed by atoms with van der Waals surface area (Å²) in [6, 6.07) is 0. The Morgan fingerprint density at radius 2 is 1.92 bits per heavy atom. The number of hydrogen-bond acceptors (Lipinski definition) is 1. The van der Waals surface area contributed by atoms with Crippen molar-refractivity contribution in [3.63, 3.8) is 0 Å². The highest BCUT2D eigenvalue weighted by Crippen LogP contribution is 2.17. The highest BCUT2D eigenvalue weighted by molar-refractivity contribution is 4.93. The normalized spacial score (nSPS) is 24.6. The van der Waals surface area contributed by atoms with Crippen molar-refractivity contribution in [1.29, 1.82) is 0 Å². The monoisotopic (exact) mass is 168 g/mol. The Hall–Kier alpha value is -0.460. The summed E-state index contributed by atoms with van der Waals surface area (Å²) < 4.78 is 5.54. The van der Waals surface area contributed by atoms with Crippen LogP contribution in [-0.4, -0.2) is 6.61 Å². The summed E-state index contributed by atoms with van der Waals surface area (Å²) in [5, 5.41) is 0. The smallest absolute Gasteiger partial charge is 0.0919 e. The number of allylic oxidation sites excluding steroid dienone is 2. The molecule has 0 amide bonds. The van der Waals surface area contributed by atoms with Crippen molar-refractivity contribution < 1.29 is 4.74 Å². The minimum atomic E-state index is 0.825. The van der Waals surface area contributed by atoms with Gasteiger partial charge in [-0.1, -0.05) is 19.3 Å². The molecule has 0 spiro atoms. The van der Waals surface area contributed by atoms with Gasteiger partial charge in [-0.25, -0.2) is 0 Å². The second-order valence-corrected chi connectivity index (χ2v) is 3.41. The van der Waals surface area contributed by atoms with Gasteiger partial charge in [0.15, 0.2) is 0 Å². The molecule has 0 heterocycles. The lowest BCUT2D eigenvalue weighted by Crippen LogP contribution is -1.91. The zero-order valence-electron chi connectivity index (χ0n) is 8.14. The van der Waals surface area contributed by atoms with Crippen molar-refractivity contribution in [3.8, 4) is 0 Å². The lowest BCUT2D eigenvalue weighted by atomic mass is 10.1. The predicted octanol–water partition coefficient (Wildman–Crippen LogP) is 3.65. The Labute approximate surface area is 75.8 Å². The number of ether oxygens (including phenoxy) is 1. The molecule has 0 N–H and O–H groups in total. The molecule has 1 rings (SSSR count). The van der Waals surface area contributed by atoms with Crippen LogP contribution in [0.1, 0.15) is 51.9 Å². The van der Waals surface area contributed by atoms with E-state index in [4.69, 9.17) is 4.74 Å². The van der Waals surface area contributed by atoms with E-state index in [1.54, 1.807) is 0 Å². The van der Waals surface area contributed by atoms with E-state index in [1.807, 2.05) is 0 Å². The summed E-state index contributed by atoms with van der Waals surface area (Å²) in [6.45, 7) is 2.89. The minimum absolute atomic E-state index is 0.825. The molecule has 12 heavy (non-hydrogen) atoms. The number of hydrogen-bond donors (Lipinski definition) is 0. The molecule has 0 radical (unpaired) electrons. The van der Waals surface area contributed by atoms with Crippen LogP contribution < -0.4 is 0 Å². The van der Waals surface area contributed by atoms with Gasteiger partial charge in [0.25, 0.3) is 0 Å². The van der Waals surface area contributed by atoms with Gasteiger partial charge in [-0.05, 0) is 32.3 Å². The summed E-state index contributed by atoms with van der Waals surface area (Å²) in [4.78, 5) is 0. The molecule has 0 atom stereocenters. The molecule has 1 aliphatic carbocycles. The molecule has 0 aromatic rings. The maximum Gasteiger partial charge on any atom is 0.0919 e. The fraction of sp³-hybridized carbons (Fsp3) is 0.818. The first-order valence-corrected chi connectivity index (χ1v) is 5.25. The van der Waals surface area contributed by atoms with Crippen molar-refractivity contribution in [2.24, 2.45) is 0 Å². The molecule has 70 valence electrons. The second kappa shape index (κ2) is 6.10. The van der Waals surface area contributed by atoms with Gasteiger partial charge in [0.1, 0.15) is 0 Å². The molecular formula is C11H20O.